The van der Waals surface area contributed by atoms with Crippen LogP contribution in [-0.2, 0) is 10.3 Å². The molecule has 106 valence electrons. The fourth-order valence-corrected chi connectivity index (χ4v) is 2.98. The SMILES string of the molecule is CC(C)NC(CSC(C)C)(C(N)=O)c1ccccc1. The summed E-state index contributed by atoms with van der Waals surface area (Å²) < 4.78 is 0. The highest BCUT2D eigenvalue weighted by molar-refractivity contribution is 7.99. The van der Waals surface area contributed by atoms with Gasteiger partial charge in [-0.3, -0.25) is 10.1 Å². The number of primary amides is 1. The van der Waals surface area contributed by atoms with Crippen molar-refractivity contribution in [3.05, 3.63) is 35.9 Å². The van der Waals surface area contributed by atoms with Gasteiger partial charge in [0.15, 0.2) is 0 Å². The maximum atomic E-state index is 12.1. The molecule has 0 aliphatic carbocycles. The number of benzene rings is 1. The summed E-state index contributed by atoms with van der Waals surface area (Å²) >= 11 is 1.74. The Morgan fingerprint density at radius 3 is 2.26 bits per heavy atom. The maximum Gasteiger partial charge on any atom is 0.243 e. The van der Waals surface area contributed by atoms with E-state index in [4.69, 9.17) is 5.73 Å². The third-order valence-corrected chi connectivity index (χ3v) is 4.12. The quantitative estimate of drug-likeness (QED) is 0.807. The van der Waals surface area contributed by atoms with E-state index in [2.05, 4.69) is 19.2 Å². The molecule has 4 heteroatoms. The summed E-state index contributed by atoms with van der Waals surface area (Å²) in [7, 11) is 0. The highest BCUT2D eigenvalue weighted by Gasteiger charge is 2.38. The monoisotopic (exact) mass is 280 g/mol. The molecule has 19 heavy (non-hydrogen) atoms. The van der Waals surface area contributed by atoms with Gasteiger partial charge in [0, 0.05) is 11.8 Å². The normalized spacial score (nSPS) is 14.6. The minimum atomic E-state index is -0.801. The standard InChI is InChI=1S/C15H24N2OS/c1-11(2)17-15(14(16)18,10-19-12(3)4)13-8-6-5-7-9-13/h5-9,11-12,17H,10H2,1-4H3,(H2,16,18). The van der Waals surface area contributed by atoms with Crippen molar-refractivity contribution in [2.75, 3.05) is 5.75 Å². The Morgan fingerprint density at radius 1 is 1.26 bits per heavy atom. The molecule has 0 heterocycles. The van der Waals surface area contributed by atoms with Crippen LogP contribution in [-0.4, -0.2) is 23.0 Å². The summed E-state index contributed by atoms with van der Waals surface area (Å²) in [6, 6.07) is 9.92. The molecule has 1 aromatic rings. The lowest BCUT2D eigenvalue weighted by molar-refractivity contribution is -0.124. The fraction of sp³-hybridized carbons (Fsp3) is 0.533. The molecule has 0 aliphatic rings. The van der Waals surface area contributed by atoms with Crippen LogP contribution >= 0.6 is 11.8 Å². The molecule has 3 N–H and O–H groups in total. The molecule has 3 nitrogen and oxygen atoms in total. The molecule has 0 bridgehead atoms. The van der Waals surface area contributed by atoms with E-state index >= 15 is 0 Å². The van der Waals surface area contributed by atoms with E-state index in [9.17, 15) is 4.79 Å². The Labute approximate surface area is 120 Å². The van der Waals surface area contributed by atoms with E-state index < -0.39 is 5.54 Å². The van der Waals surface area contributed by atoms with Crippen LogP contribution in [0.3, 0.4) is 0 Å². The summed E-state index contributed by atoms with van der Waals surface area (Å²) in [5.41, 5.74) is 5.86. The number of hydrogen-bond acceptors (Lipinski definition) is 3. The first kappa shape index (κ1) is 16.1. The zero-order valence-corrected chi connectivity index (χ0v) is 13.0. The van der Waals surface area contributed by atoms with Crippen LogP contribution < -0.4 is 11.1 Å². The van der Waals surface area contributed by atoms with Gasteiger partial charge in [-0.25, -0.2) is 0 Å². The molecule has 0 aromatic heterocycles. The van der Waals surface area contributed by atoms with Gasteiger partial charge in [-0.15, -0.1) is 0 Å². The van der Waals surface area contributed by atoms with Crippen molar-refractivity contribution in [1.29, 1.82) is 0 Å². The van der Waals surface area contributed by atoms with E-state index in [-0.39, 0.29) is 11.9 Å². The number of nitrogens with one attached hydrogen (secondary N) is 1. The third kappa shape index (κ3) is 4.25. The van der Waals surface area contributed by atoms with Gasteiger partial charge in [-0.2, -0.15) is 11.8 Å². The molecule has 0 radical (unpaired) electrons. The second-order valence-corrected chi connectivity index (χ2v) is 6.86. The average molecular weight is 280 g/mol. The summed E-state index contributed by atoms with van der Waals surface area (Å²) in [6.07, 6.45) is 0. The molecule has 0 spiro atoms. The van der Waals surface area contributed by atoms with Crippen LogP contribution in [0.15, 0.2) is 30.3 Å². The third-order valence-electron chi connectivity index (χ3n) is 2.86. The van der Waals surface area contributed by atoms with Crippen LogP contribution in [0.25, 0.3) is 0 Å². The number of nitrogens with two attached hydrogens (primary N) is 1. The topological polar surface area (TPSA) is 55.1 Å². The van der Waals surface area contributed by atoms with E-state index in [1.54, 1.807) is 11.8 Å². The Balaban J connectivity index is 3.15. The lowest BCUT2D eigenvalue weighted by Gasteiger charge is -2.34. The second kappa shape index (κ2) is 6.96. The largest absolute Gasteiger partial charge is 0.368 e. The summed E-state index contributed by atoms with van der Waals surface area (Å²) in [5.74, 6) is 0.322. The van der Waals surface area contributed by atoms with Crippen molar-refractivity contribution in [3.63, 3.8) is 0 Å². The van der Waals surface area contributed by atoms with E-state index in [0.29, 0.717) is 11.0 Å². The van der Waals surface area contributed by atoms with E-state index in [0.717, 1.165) is 5.56 Å². The Morgan fingerprint density at radius 2 is 1.84 bits per heavy atom. The molecular formula is C15H24N2OS. The minimum absolute atomic E-state index is 0.181. The van der Waals surface area contributed by atoms with Gasteiger partial charge in [-0.05, 0) is 24.7 Å². The summed E-state index contributed by atoms with van der Waals surface area (Å²) in [6.45, 7) is 8.30. The lowest BCUT2D eigenvalue weighted by Crippen LogP contribution is -2.57. The van der Waals surface area contributed by atoms with Crippen LogP contribution in [0.5, 0.6) is 0 Å². The molecule has 1 amide bonds. The molecule has 1 atom stereocenters. The van der Waals surface area contributed by atoms with Gasteiger partial charge in [0.25, 0.3) is 0 Å². The number of hydrogen-bond donors (Lipinski definition) is 2. The molecule has 1 rings (SSSR count). The molecule has 1 aromatic carbocycles. The fourth-order valence-electron chi connectivity index (χ4n) is 2.00. The van der Waals surface area contributed by atoms with Crippen molar-refractivity contribution in [1.82, 2.24) is 5.32 Å². The van der Waals surface area contributed by atoms with Gasteiger partial charge in [0.05, 0.1) is 0 Å². The van der Waals surface area contributed by atoms with Crippen LogP contribution in [0, 0.1) is 0 Å². The molecule has 0 fully saturated rings. The van der Waals surface area contributed by atoms with Crippen molar-refractivity contribution in [2.24, 2.45) is 5.73 Å². The first-order valence-corrected chi connectivity index (χ1v) is 7.68. The molecule has 0 saturated heterocycles. The number of thioether (sulfide) groups is 1. The van der Waals surface area contributed by atoms with Gasteiger partial charge in [-0.1, -0.05) is 44.2 Å². The van der Waals surface area contributed by atoms with Gasteiger partial charge in [0.1, 0.15) is 5.54 Å². The first-order chi connectivity index (χ1) is 8.88. The van der Waals surface area contributed by atoms with E-state index in [1.165, 1.54) is 0 Å². The van der Waals surface area contributed by atoms with Crippen molar-refractivity contribution in [3.8, 4) is 0 Å². The van der Waals surface area contributed by atoms with E-state index in [1.807, 2.05) is 44.2 Å². The molecular weight excluding hydrogens is 256 g/mol. The minimum Gasteiger partial charge on any atom is -0.368 e. The predicted octanol–water partition coefficient (Wildman–Crippen LogP) is 2.51. The van der Waals surface area contributed by atoms with Crippen LogP contribution in [0.1, 0.15) is 33.3 Å². The Bertz CT molecular complexity index is 406. The number of amides is 1. The van der Waals surface area contributed by atoms with Gasteiger partial charge >= 0.3 is 0 Å². The average Bonchev–Trinajstić information content (AvgIpc) is 2.34. The first-order valence-electron chi connectivity index (χ1n) is 6.63. The van der Waals surface area contributed by atoms with Crippen LogP contribution in [0.4, 0.5) is 0 Å². The van der Waals surface area contributed by atoms with Crippen molar-refractivity contribution >= 4 is 17.7 Å². The van der Waals surface area contributed by atoms with Gasteiger partial charge in [0.2, 0.25) is 5.91 Å². The Kier molecular flexibility index (Phi) is 5.88. The number of carbonyl (C=O) groups is 1. The van der Waals surface area contributed by atoms with Crippen molar-refractivity contribution in [2.45, 2.75) is 44.5 Å². The molecule has 0 aliphatic heterocycles. The van der Waals surface area contributed by atoms with Crippen molar-refractivity contribution < 1.29 is 4.79 Å². The highest BCUT2D eigenvalue weighted by atomic mass is 32.2. The van der Waals surface area contributed by atoms with Crippen LogP contribution in [0.2, 0.25) is 0 Å². The number of rotatable bonds is 7. The predicted molar refractivity (Wildman–Crippen MR) is 83.2 cm³/mol. The zero-order valence-electron chi connectivity index (χ0n) is 12.1. The smallest absolute Gasteiger partial charge is 0.243 e. The summed E-state index contributed by atoms with van der Waals surface area (Å²) in [4.78, 5) is 12.1. The molecule has 1 unspecified atom stereocenters. The maximum absolute atomic E-state index is 12.1. The van der Waals surface area contributed by atoms with Gasteiger partial charge < -0.3 is 5.73 Å². The number of carbonyl (C=O) groups excluding carboxylic acids is 1. The Hall–Kier alpha value is -1.00. The highest BCUT2D eigenvalue weighted by Crippen LogP contribution is 2.28. The summed E-state index contributed by atoms with van der Waals surface area (Å²) in [5, 5.41) is 3.82. The zero-order chi connectivity index (χ0) is 14.5. The molecule has 0 saturated carbocycles. The lowest BCUT2D eigenvalue weighted by atomic mass is 9.90. The second-order valence-electron chi connectivity index (χ2n) is 5.29.